The molecule has 0 amide bonds. The number of hydrogen-bond acceptors (Lipinski definition) is 5. The van der Waals surface area contributed by atoms with Crippen LogP contribution in [0.3, 0.4) is 0 Å². The zero-order valence-electron chi connectivity index (χ0n) is 18.5. The van der Waals surface area contributed by atoms with Gasteiger partial charge in [0.05, 0.1) is 6.61 Å². The number of ether oxygens (including phenoxy) is 2. The average Bonchev–Trinajstić information content (AvgIpc) is 2.80. The molecule has 4 rings (SSSR count). The molecule has 5 nitrogen and oxygen atoms in total. The Bertz CT molecular complexity index is 1270. The molecule has 1 heterocycles. The molecule has 0 atom stereocenters. The van der Waals surface area contributed by atoms with Gasteiger partial charge in [0.15, 0.2) is 5.43 Å². The Balaban J connectivity index is 1.69. The van der Waals surface area contributed by atoms with Crippen LogP contribution in [-0.2, 0) is 6.61 Å². The molecule has 4 aromatic rings. The number of aliphatic hydroxyl groups excluding tert-OH is 1. The van der Waals surface area contributed by atoms with E-state index in [4.69, 9.17) is 19.0 Å². The smallest absolute Gasteiger partial charge is 0.196 e. The van der Waals surface area contributed by atoms with E-state index in [1.165, 1.54) is 0 Å². The number of rotatable bonds is 9. The average molecular weight is 433 g/mol. The standard InChI is InChI=1S/C27H28O5/c1-18(2)24-16-22(29)27-25(30-13-6-5-12-28)14-19(15-26(27)32-24)17-31-23-11-7-9-20-8-3-4-10-21(20)23/h3-4,7-11,14-16,18,28H,5-6,12-13,17H2,1-2H3. The van der Waals surface area contributed by atoms with Gasteiger partial charge in [0.1, 0.15) is 34.8 Å². The highest BCUT2D eigenvalue weighted by atomic mass is 16.5. The van der Waals surface area contributed by atoms with E-state index in [9.17, 15) is 4.79 Å². The van der Waals surface area contributed by atoms with Gasteiger partial charge in [-0.2, -0.15) is 0 Å². The third kappa shape index (κ3) is 4.78. The Labute approximate surface area is 187 Å². The molecule has 0 aliphatic rings. The van der Waals surface area contributed by atoms with Crippen LogP contribution in [0.15, 0.2) is 69.9 Å². The van der Waals surface area contributed by atoms with Crippen molar-refractivity contribution in [3.05, 3.63) is 82.2 Å². The van der Waals surface area contributed by atoms with Crippen molar-refractivity contribution >= 4 is 21.7 Å². The highest BCUT2D eigenvalue weighted by Gasteiger charge is 2.15. The Morgan fingerprint density at radius 2 is 1.75 bits per heavy atom. The van der Waals surface area contributed by atoms with Crippen LogP contribution in [0.2, 0.25) is 0 Å². The Kier molecular flexibility index (Phi) is 6.76. The van der Waals surface area contributed by atoms with E-state index in [1.54, 1.807) is 6.07 Å². The quantitative estimate of drug-likeness (QED) is 0.339. The minimum Gasteiger partial charge on any atom is -0.493 e. The molecule has 1 aromatic heterocycles. The van der Waals surface area contributed by atoms with Gasteiger partial charge in [-0.1, -0.05) is 50.2 Å². The molecular weight excluding hydrogens is 404 g/mol. The molecule has 0 saturated carbocycles. The molecule has 166 valence electrons. The zero-order chi connectivity index (χ0) is 22.5. The molecule has 0 spiro atoms. The lowest BCUT2D eigenvalue weighted by Gasteiger charge is -2.14. The summed E-state index contributed by atoms with van der Waals surface area (Å²) in [5.74, 6) is 2.02. The fraction of sp³-hybridized carbons (Fsp3) is 0.296. The van der Waals surface area contributed by atoms with E-state index in [0.29, 0.717) is 48.5 Å². The first-order valence-corrected chi connectivity index (χ1v) is 11.0. The summed E-state index contributed by atoms with van der Waals surface area (Å²) in [4.78, 5) is 12.8. The van der Waals surface area contributed by atoms with Crippen molar-refractivity contribution in [2.75, 3.05) is 13.2 Å². The molecule has 0 fully saturated rings. The molecule has 0 radical (unpaired) electrons. The second kappa shape index (κ2) is 9.88. The first-order chi connectivity index (χ1) is 15.6. The van der Waals surface area contributed by atoms with Crippen molar-refractivity contribution in [3.63, 3.8) is 0 Å². The summed E-state index contributed by atoms with van der Waals surface area (Å²) in [5.41, 5.74) is 1.23. The lowest BCUT2D eigenvalue weighted by molar-refractivity contribution is 0.253. The summed E-state index contributed by atoms with van der Waals surface area (Å²) >= 11 is 0. The molecule has 3 aromatic carbocycles. The fourth-order valence-electron chi connectivity index (χ4n) is 3.69. The minimum absolute atomic E-state index is 0.0941. The van der Waals surface area contributed by atoms with Crippen molar-refractivity contribution < 1.29 is 19.0 Å². The van der Waals surface area contributed by atoms with Crippen LogP contribution in [0.1, 0.15) is 43.9 Å². The largest absolute Gasteiger partial charge is 0.493 e. The first kappa shape index (κ1) is 21.9. The van der Waals surface area contributed by atoms with Gasteiger partial charge in [-0.15, -0.1) is 0 Å². The Morgan fingerprint density at radius 1 is 0.938 bits per heavy atom. The molecule has 0 saturated heterocycles. The van der Waals surface area contributed by atoms with Gasteiger partial charge in [-0.25, -0.2) is 0 Å². The van der Waals surface area contributed by atoms with Crippen molar-refractivity contribution in [1.82, 2.24) is 0 Å². The van der Waals surface area contributed by atoms with E-state index in [2.05, 4.69) is 12.1 Å². The number of aliphatic hydroxyl groups is 1. The van der Waals surface area contributed by atoms with E-state index >= 15 is 0 Å². The first-order valence-electron chi connectivity index (χ1n) is 11.0. The highest BCUT2D eigenvalue weighted by Crippen LogP contribution is 2.30. The highest BCUT2D eigenvalue weighted by molar-refractivity contribution is 5.88. The summed E-state index contributed by atoms with van der Waals surface area (Å²) in [6, 6.07) is 19.3. The molecule has 0 unspecified atom stereocenters. The molecule has 1 N–H and O–H groups in total. The normalized spacial score (nSPS) is 11.4. The number of fused-ring (bicyclic) bond motifs is 2. The fourth-order valence-corrected chi connectivity index (χ4v) is 3.69. The maximum atomic E-state index is 12.8. The molecule has 0 aliphatic heterocycles. The third-order valence-electron chi connectivity index (χ3n) is 5.40. The van der Waals surface area contributed by atoms with Crippen LogP contribution in [0, 0.1) is 0 Å². The molecule has 5 heteroatoms. The number of benzene rings is 3. The summed E-state index contributed by atoms with van der Waals surface area (Å²) in [6.45, 7) is 4.82. The molecule has 0 aliphatic carbocycles. The maximum absolute atomic E-state index is 12.8. The van der Waals surface area contributed by atoms with Crippen molar-refractivity contribution in [2.24, 2.45) is 0 Å². The molecular formula is C27H28O5. The predicted octanol–water partition coefficient (Wildman–Crippen LogP) is 5.80. The second-order valence-electron chi connectivity index (χ2n) is 8.18. The van der Waals surface area contributed by atoms with Crippen LogP contribution >= 0.6 is 0 Å². The lowest BCUT2D eigenvalue weighted by atomic mass is 10.1. The second-order valence-corrected chi connectivity index (χ2v) is 8.18. The zero-order valence-corrected chi connectivity index (χ0v) is 18.5. The minimum atomic E-state index is -0.117. The van der Waals surface area contributed by atoms with Crippen LogP contribution in [-0.4, -0.2) is 18.3 Å². The molecule has 32 heavy (non-hydrogen) atoms. The van der Waals surface area contributed by atoms with Crippen LogP contribution in [0.5, 0.6) is 11.5 Å². The van der Waals surface area contributed by atoms with Crippen molar-refractivity contribution in [2.45, 2.75) is 39.2 Å². The van der Waals surface area contributed by atoms with E-state index in [-0.39, 0.29) is 18.0 Å². The summed E-state index contributed by atoms with van der Waals surface area (Å²) in [6.07, 6.45) is 1.35. The summed E-state index contributed by atoms with van der Waals surface area (Å²) in [7, 11) is 0. The van der Waals surface area contributed by atoms with Gasteiger partial charge >= 0.3 is 0 Å². The van der Waals surface area contributed by atoms with Gasteiger partial charge in [0.25, 0.3) is 0 Å². The van der Waals surface area contributed by atoms with E-state index in [1.807, 2.05) is 56.3 Å². The van der Waals surface area contributed by atoms with Gasteiger partial charge in [-0.3, -0.25) is 4.79 Å². The van der Waals surface area contributed by atoms with Crippen LogP contribution in [0.4, 0.5) is 0 Å². The van der Waals surface area contributed by atoms with Gasteiger partial charge in [0.2, 0.25) is 0 Å². The van der Waals surface area contributed by atoms with Crippen LogP contribution < -0.4 is 14.9 Å². The van der Waals surface area contributed by atoms with Crippen molar-refractivity contribution in [3.8, 4) is 11.5 Å². The third-order valence-corrected chi connectivity index (χ3v) is 5.40. The van der Waals surface area contributed by atoms with Gasteiger partial charge < -0.3 is 19.0 Å². The summed E-state index contributed by atoms with van der Waals surface area (Å²) in [5, 5.41) is 11.6. The van der Waals surface area contributed by atoms with Crippen LogP contribution in [0.25, 0.3) is 21.7 Å². The lowest BCUT2D eigenvalue weighted by Crippen LogP contribution is -2.08. The summed E-state index contributed by atoms with van der Waals surface area (Å²) < 4.78 is 18.2. The Morgan fingerprint density at radius 3 is 2.56 bits per heavy atom. The maximum Gasteiger partial charge on any atom is 0.196 e. The van der Waals surface area contributed by atoms with E-state index < -0.39 is 0 Å². The number of hydrogen-bond donors (Lipinski definition) is 1. The SMILES string of the molecule is CC(C)c1cc(=O)c2c(OCCCCO)cc(COc3cccc4ccccc34)cc2o1. The molecule has 0 bridgehead atoms. The van der Waals surface area contributed by atoms with E-state index in [0.717, 1.165) is 22.1 Å². The van der Waals surface area contributed by atoms with Gasteiger partial charge in [-0.05, 0) is 42.0 Å². The predicted molar refractivity (Wildman–Crippen MR) is 127 cm³/mol. The number of unbranched alkanes of at least 4 members (excludes halogenated alkanes) is 1. The monoisotopic (exact) mass is 432 g/mol. The topological polar surface area (TPSA) is 68.9 Å². The Hall–Kier alpha value is -3.31. The van der Waals surface area contributed by atoms with Gasteiger partial charge in [0, 0.05) is 24.0 Å². The van der Waals surface area contributed by atoms with Crippen molar-refractivity contribution in [1.29, 1.82) is 0 Å².